The minimum atomic E-state index is -1.56. The first kappa shape index (κ1) is 18.5. The van der Waals surface area contributed by atoms with Crippen LogP contribution in [0.25, 0.3) is 0 Å². The smallest absolute Gasteiger partial charge is 0.201 e. The number of aliphatic hydroxyl groups is 1. The highest BCUT2D eigenvalue weighted by molar-refractivity contribution is 5.64. The van der Waals surface area contributed by atoms with E-state index in [1.54, 1.807) is 0 Å². The van der Waals surface area contributed by atoms with Gasteiger partial charge in [-0.2, -0.15) is 0 Å². The summed E-state index contributed by atoms with van der Waals surface area (Å²) in [6.07, 6.45) is 0.446. The maximum Gasteiger partial charge on any atom is 0.201 e. The molecule has 150 valence electrons. The molecule has 5 rings (SSSR count). The van der Waals surface area contributed by atoms with Gasteiger partial charge in [0, 0.05) is 12.0 Å². The molecule has 0 saturated carbocycles. The van der Waals surface area contributed by atoms with Crippen LogP contribution in [0.1, 0.15) is 38.9 Å². The average molecular weight is 397 g/mol. The second kappa shape index (κ2) is 6.78. The summed E-state index contributed by atoms with van der Waals surface area (Å²) in [6, 6.07) is 25.0. The number of aromatic hydroxyl groups is 2. The quantitative estimate of drug-likeness (QED) is 0.479. The van der Waals surface area contributed by atoms with Crippen molar-refractivity contribution in [3.05, 3.63) is 118 Å². The Kier molecular flexibility index (Phi) is 4.19. The van der Waals surface area contributed by atoms with Gasteiger partial charge in [0.1, 0.15) is 5.60 Å². The van der Waals surface area contributed by atoms with E-state index in [-0.39, 0.29) is 11.8 Å². The number of benzene rings is 3. The molecule has 1 aliphatic carbocycles. The van der Waals surface area contributed by atoms with Crippen LogP contribution in [0.5, 0.6) is 11.8 Å². The van der Waals surface area contributed by atoms with E-state index in [2.05, 4.69) is 0 Å². The number of hydrogen-bond donors (Lipinski definition) is 3. The first-order valence-electron chi connectivity index (χ1n) is 10.1. The van der Waals surface area contributed by atoms with Crippen molar-refractivity contribution in [1.29, 1.82) is 0 Å². The molecule has 0 saturated heterocycles. The van der Waals surface area contributed by atoms with E-state index < -0.39 is 5.60 Å². The fourth-order valence-electron chi connectivity index (χ4n) is 4.59. The van der Waals surface area contributed by atoms with Gasteiger partial charge in [-0.1, -0.05) is 84.4 Å². The molecule has 3 aromatic carbocycles. The Balaban J connectivity index is 1.77. The van der Waals surface area contributed by atoms with Gasteiger partial charge in [-0.05, 0) is 29.2 Å². The maximum absolute atomic E-state index is 12.2. The van der Waals surface area contributed by atoms with Crippen molar-refractivity contribution in [2.75, 3.05) is 0 Å². The predicted molar refractivity (Wildman–Crippen MR) is 116 cm³/mol. The van der Waals surface area contributed by atoms with Gasteiger partial charge < -0.3 is 15.3 Å². The lowest BCUT2D eigenvalue weighted by Gasteiger charge is -2.35. The zero-order valence-corrected chi connectivity index (χ0v) is 16.7. The average Bonchev–Trinajstić information content (AvgIpc) is 3.01. The van der Waals surface area contributed by atoms with Crippen molar-refractivity contribution in [1.82, 2.24) is 4.57 Å². The standard InChI is InChI=1S/C26H23NO3/c1-17-12-13-19-15-21-23(26(30,22(19)14-17)20-10-6-3-7-11-20)25(29)27(24(21)28)16-18-8-4-2-5-9-18/h2-14,28-30H,15-16H2,1H3. The van der Waals surface area contributed by atoms with Crippen LogP contribution >= 0.6 is 0 Å². The van der Waals surface area contributed by atoms with E-state index in [0.29, 0.717) is 29.7 Å². The first-order chi connectivity index (χ1) is 14.5. The molecule has 1 aromatic heterocycles. The molecule has 1 atom stereocenters. The van der Waals surface area contributed by atoms with Gasteiger partial charge in [0.25, 0.3) is 0 Å². The van der Waals surface area contributed by atoms with E-state index >= 15 is 0 Å². The molecule has 0 spiro atoms. The molecule has 1 unspecified atom stereocenters. The molecule has 1 aliphatic rings. The van der Waals surface area contributed by atoms with Crippen LogP contribution in [0.4, 0.5) is 0 Å². The molecule has 0 aliphatic heterocycles. The van der Waals surface area contributed by atoms with Gasteiger partial charge >= 0.3 is 0 Å². The highest BCUT2D eigenvalue weighted by Gasteiger charge is 2.46. The molecule has 1 heterocycles. The zero-order valence-electron chi connectivity index (χ0n) is 16.7. The summed E-state index contributed by atoms with van der Waals surface area (Å²) < 4.78 is 1.48. The normalized spacial score (nSPS) is 17.4. The van der Waals surface area contributed by atoms with Gasteiger partial charge in [0.05, 0.1) is 12.1 Å². The Morgan fingerprint density at radius 2 is 1.53 bits per heavy atom. The summed E-state index contributed by atoms with van der Waals surface area (Å²) in [7, 11) is 0. The van der Waals surface area contributed by atoms with Crippen molar-refractivity contribution in [3.63, 3.8) is 0 Å². The molecule has 30 heavy (non-hydrogen) atoms. The number of nitrogens with zero attached hydrogens (tertiary/aromatic N) is 1. The van der Waals surface area contributed by atoms with Crippen LogP contribution in [0.2, 0.25) is 0 Å². The molecule has 4 heteroatoms. The van der Waals surface area contributed by atoms with Crippen LogP contribution in [0.15, 0.2) is 78.9 Å². The fourth-order valence-corrected chi connectivity index (χ4v) is 4.59. The van der Waals surface area contributed by atoms with Crippen molar-refractivity contribution >= 4 is 0 Å². The molecule has 3 N–H and O–H groups in total. The molecule has 4 nitrogen and oxygen atoms in total. The van der Waals surface area contributed by atoms with Gasteiger partial charge in [-0.25, -0.2) is 0 Å². The number of rotatable bonds is 3. The third kappa shape index (κ3) is 2.65. The van der Waals surface area contributed by atoms with Gasteiger partial charge in [-0.3, -0.25) is 4.57 Å². The second-order valence-electron chi connectivity index (χ2n) is 7.99. The summed E-state index contributed by atoms with van der Waals surface area (Å²) >= 11 is 0. The lowest BCUT2D eigenvalue weighted by Crippen LogP contribution is -2.34. The predicted octanol–water partition coefficient (Wildman–Crippen LogP) is 4.44. The van der Waals surface area contributed by atoms with Crippen LogP contribution in [0, 0.1) is 6.92 Å². The molecule has 0 amide bonds. The van der Waals surface area contributed by atoms with Gasteiger partial charge in [0.2, 0.25) is 5.88 Å². The zero-order chi connectivity index (χ0) is 20.9. The van der Waals surface area contributed by atoms with Crippen LogP contribution in [-0.2, 0) is 18.6 Å². The van der Waals surface area contributed by atoms with E-state index in [1.165, 1.54) is 4.57 Å². The Morgan fingerprint density at radius 1 is 0.867 bits per heavy atom. The summed E-state index contributed by atoms with van der Waals surface area (Å²) in [5, 5.41) is 34.5. The van der Waals surface area contributed by atoms with Gasteiger partial charge in [-0.15, -0.1) is 0 Å². The number of aryl methyl sites for hydroxylation is 1. The lowest BCUT2D eigenvalue weighted by molar-refractivity contribution is 0.117. The number of aromatic nitrogens is 1. The second-order valence-corrected chi connectivity index (χ2v) is 7.99. The van der Waals surface area contributed by atoms with E-state index in [0.717, 1.165) is 22.3 Å². The molecule has 0 fully saturated rings. The summed E-state index contributed by atoms with van der Waals surface area (Å²) in [5.74, 6) is -0.114. The summed E-state index contributed by atoms with van der Waals surface area (Å²) in [4.78, 5) is 0. The third-order valence-electron chi connectivity index (χ3n) is 6.07. The van der Waals surface area contributed by atoms with Crippen LogP contribution in [0.3, 0.4) is 0 Å². The van der Waals surface area contributed by atoms with Gasteiger partial charge in [0.15, 0.2) is 5.88 Å². The molecule has 4 aromatic rings. The fraction of sp³-hybridized carbons (Fsp3) is 0.154. The van der Waals surface area contributed by atoms with Crippen molar-refractivity contribution in [3.8, 4) is 11.8 Å². The Hall–Kier alpha value is -3.50. The Morgan fingerprint density at radius 3 is 2.23 bits per heavy atom. The Labute approximate surface area is 175 Å². The van der Waals surface area contributed by atoms with Crippen LogP contribution in [-0.4, -0.2) is 19.9 Å². The first-order valence-corrected chi connectivity index (χ1v) is 10.1. The highest BCUT2D eigenvalue weighted by Crippen LogP contribution is 2.52. The number of hydrogen-bond acceptors (Lipinski definition) is 3. The summed E-state index contributed by atoms with van der Waals surface area (Å²) in [5.41, 5.74) is 3.68. The number of fused-ring (bicyclic) bond motifs is 2. The largest absolute Gasteiger partial charge is 0.494 e. The van der Waals surface area contributed by atoms with E-state index in [4.69, 9.17) is 0 Å². The van der Waals surface area contributed by atoms with Crippen molar-refractivity contribution in [2.24, 2.45) is 0 Å². The van der Waals surface area contributed by atoms with E-state index in [1.807, 2.05) is 85.8 Å². The monoisotopic (exact) mass is 397 g/mol. The van der Waals surface area contributed by atoms with Crippen molar-refractivity contribution in [2.45, 2.75) is 25.5 Å². The minimum absolute atomic E-state index is 0.00747. The van der Waals surface area contributed by atoms with E-state index in [9.17, 15) is 15.3 Å². The molecule has 0 bridgehead atoms. The minimum Gasteiger partial charge on any atom is -0.494 e. The lowest BCUT2D eigenvalue weighted by atomic mass is 9.72. The molecule has 0 radical (unpaired) electrons. The third-order valence-corrected chi connectivity index (χ3v) is 6.07. The summed E-state index contributed by atoms with van der Waals surface area (Å²) in [6.45, 7) is 2.30. The Bertz CT molecular complexity index is 1230. The SMILES string of the molecule is Cc1ccc2c(c1)C(O)(c1ccccc1)c1c(c(O)n(Cc3ccccc3)c1O)C2. The molecular formula is C26H23NO3. The topological polar surface area (TPSA) is 65.6 Å². The highest BCUT2D eigenvalue weighted by atomic mass is 16.3. The maximum atomic E-state index is 12.2. The van der Waals surface area contributed by atoms with Crippen molar-refractivity contribution < 1.29 is 15.3 Å². The van der Waals surface area contributed by atoms with Crippen LogP contribution < -0.4 is 0 Å². The molecular weight excluding hydrogens is 374 g/mol.